The quantitative estimate of drug-likeness (QED) is 0.476. The minimum Gasteiger partial charge on any atom is -0.493 e. The lowest BCUT2D eigenvalue weighted by atomic mass is 10.1. The van der Waals surface area contributed by atoms with Gasteiger partial charge in [0.05, 0.1) is 19.9 Å². The number of fused-ring (bicyclic) bond motifs is 1. The van der Waals surface area contributed by atoms with Gasteiger partial charge in [0, 0.05) is 15.9 Å². The predicted octanol–water partition coefficient (Wildman–Crippen LogP) is 4.97. The Labute approximate surface area is 182 Å². The predicted molar refractivity (Wildman–Crippen MR) is 119 cm³/mol. The first-order chi connectivity index (χ1) is 14.2. The second-order valence-electron chi connectivity index (χ2n) is 6.23. The van der Waals surface area contributed by atoms with Crippen LogP contribution in [0, 0.1) is 0 Å². The van der Waals surface area contributed by atoms with E-state index in [4.69, 9.17) is 21.1 Å². The Bertz CT molecular complexity index is 1160. The molecular weight excluding hydrogens is 449 g/mol. The van der Waals surface area contributed by atoms with Crippen LogP contribution in [0.1, 0.15) is 11.2 Å². The minimum atomic E-state index is -4.92. The number of nitrogens with zero attached hydrogens (tertiary/aromatic N) is 1. The van der Waals surface area contributed by atoms with Crippen LogP contribution in [0.25, 0.3) is 10.1 Å². The maximum Gasteiger partial charge on any atom is 0.342 e. The number of thiophene rings is 1. The Balaban J connectivity index is 2.18. The molecule has 0 spiro atoms. The summed E-state index contributed by atoms with van der Waals surface area (Å²) >= 11 is 7.34. The summed E-state index contributed by atoms with van der Waals surface area (Å²) in [4.78, 5) is 34.7. The van der Waals surface area contributed by atoms with E-state index in [0.717, 1.165) is 9.60 Å². The number of hydrogen-bond acceptors (Lipinski definition) is 5. The van der Waals surface area contributed by atoms with Gasteiger partial charge in [0.1, 0.15) is 0 Å². The van der Waals surface area contributed by atoms with Crippen LogP contribution in [0.4, 0.5) is 5.69 Å². The average molecular weight is 468 g/mol. The van der Waals surface area contributed by atoms with Gasteiger partial charge in [-0.2, -0.15) is 0 Å². The summed E-state index contributed by atoms with van der Waals surface area (Å²) in [6.45, 7) is 3.65. The van der Waals surface area contributed by atoms with Crippen molar-refractivity contribution in [3.63, 3.8) is 0 Å². The fraction of sp³-hybridized carbons (Fsp3) is 0.150. The SMILES string of the molecule is C=CN(C(=O)C(c1csc2ccc(Cl)cc12)P(=O)(O)O)c1cccc(OC)c1OC. The average Bonchev–Trinajstić information content (AvgIpc) is 3.09. The molecule has 10 heteroatoms. The fourth-order valence-electron chi connectivity index (χ4n) is 3.19. The second kappa shape index (κ2) is 8.79. The first-order valence-electron chi connectivity index (χ1n) is 8.61. The molecule has 2 N–H and O–H groups in total. The molecule has 0 bridgehead atoms. The van der Waals surface area contributed by atoms with Crippen LogP contribution in [0.3, 0.4) is 0 Å². The van der Waals surface area contributed by atoms with Gasteiger partial charge in [-0.3, -0.25) is 14.3 Å². The number of anilines is 1. The van der Waals surface area contributed by atoms with Gasteiger partial charge >= 0.3 is 7.60 Å². The number of carbonyl (C=O) groups is 1. The summed E-state index contributed by atoms with van der Waals surface area (Å²) < 4.78 is 23.8. The molecular formula is C20H19ClNO6PS. The van der Waals surface area contributed by atoms with E-state index in [0.29, 0.717) is 16.2 Å². The number of halogens is 1. The number of rotatable bonds is 7. The Kier molecular flexibility index (Phi) is 6.55. The number of benzene rings is 2. The molecule has 0 aliphatic rings. The van der Waals surface area contributed by atoms with E-state index in [1.54, 1.807) is 41.8 Å². The summed E-state index contributed by atoms with van der Waals surface area (Å²) in [5, 5.41) is 2.47. The fourth-order valence-corrected chi connectivity index (χ4v) is 5.42. The van der Waals surface area contributed by atoms with Crippen LogP contribution >= 0.6 is 30.5 Å². The summed E-state index contributed by atoms with van der Waals surface area (Å²) in [6.07, 6.45) is 1.18. The van der Waals surface area contributed by atoms with Crippen LogP contribution in [0.2, 0.25) is 5.02 Å². The number of hydrogen-bond donors (Lipinski definition) is 2. The highest BCUT2D eigenvalue weighted by Gasteiger charge is 2.42. The van der Waals surface area contributed by atoms with Crippen molar-refractivity contribution >= 4 is 52.2 Å². The van der Waals surface area contributed by atoms with E-state index >= 15 is 0 Å². The smallest absolute Gasteiger partial charge is 0.342 e. The van der Waals surface area contributed by atoms with Crippen molar-refractivity contribution in [2.45, 2.75) is 5.66 Å². The van der Waals surface area contributed by atoms with Crippen molar-refractivity contribution in [2.75, 3.05) is 19.1 Å². The molecule has 1 amide bonds. The topological polar surface area (TPSA) is 96.3 Å². The Morgan fingerprint density at radius 3 is 2.60 bits per heavy atom. The zero-order valence-electron chi connectivity index (χ0n) is 16.1. The molecule has 3 rings (SSSR count). The summed E-state index contributed by atoms with van der Waals surface area (Å²) in [5.41, 5.74) is -1.31. The van der Waals surface area contributed by atoms with Crippen molar-refractivity contribution in [1.29, 1.82) is 0 Å². The van der Waals surface area contributed by atoms with E-state index in [1.807, 2.05) is 0 Å². The van der Waals surface area contributed by atoms with E-state index in [9.17, 15) is 19.1 Å². The molecule has 3 aromatic rings. The second-order valence-corrected chi connectivity index (χ2v) is 9.27. The van der Waals surface area contributed by atoms with Gasteiger partial charge in [0.25, 0.3) is 5.91 Å². The van der Waals surface area contributed by atoms with Gasteiger partial charge in [-0.15, -0.1) is 11.3 Å². The van der Waals surface area contributed by atoms with Crippen molar-refractivity contribution in [1.82, 2.24) is 0 Å². The monoisotopic (exact) mass is 467 g/mol. The van der Waals surface area contributed by atoms with Gasteiger partial charge in [-0.25, -0.2) is 0 Å². The summed E-state index contributed by atoms with van der Waals surface area (Å²) in [7, 11) is -2.07. The summed E-state index contributed by atoms with van der Waals surface area (Å²) in [5.74, 6) is -0.268. The third kappa shape index (κ3) is 4.10. The Morgan fingerprint density at radius 1 is 1.27 bits per heavy atom. The third-order valence-corrected chi connectivity index (χ3v) is 6.88. The zero-order valence-corrected chi connectivity index (χ0v) is 18.6. The van der Waals surface area contributed by atoms with E-state index in [2.05, 4.69) is 6.58 Å². The highest BCUT2D eigenvalue weighted by Crippen LogP contribution is 2.56. The highest BCUT2D eigenvalue weighted by molar-refractivity contribution is 7.53. The lowest BCUT2D eigenvalue weighted by molar-refractivity contribution is -0.118. The molecule has 30 heavy (non-hydrogen) atoms. The van der Waals surface area contributed by atoms with Crippen molar-refractivity contribution in [3.05, 3.63) is 65.1 Å². The lowest BCUT2D eigenvalue weighted by Crippen LogP contribution is -2.31. The van der Waals surface area contributed by atoms with Crippen LogP contribution in [0.15, 0.2) is 54.6 Å². The Morgan fingerprint density at radius 2 is 2.00 bits per heavy atom. The molecule has 0 fully saturated rings. The largest absolute Gasteiger partial charge is 0.493 e. The van der Waals surface area contributed by atoms with E-state index < -0.39 is 19.2 Å². The molecule has 0 aliphatic heterocycles. The normalized spacial score (nSPS) is 12.4. The van der Waals surface area contributed by atoms with Crippen LogP contribution in [0.5, 0.6) is 11.5 Å². The number of ether oxygens (including phenoxy) is 2. The van der Waals surface area contributed by atoms with E-state index in [1.165, 1.54) is 31.8 Å². The molecule has 0 saturated carbocycles. The molecule has 7 nitrogen and oxygen atoms in total. The molecule has 0 saturated heterocycles. The van der Waals surface area contributed by atoms with Gasteiger partial charge in [0.15, 0.2) is 17.2 Å². The van der Waals surface area contributed by atoms with Crippen LogP contribution in [-0.2, 0) is 9.36 Å². The molecule has 158 valence electrons. The molecule has 2 aromatic carbocycles. The molecule has 1 aromatic heterocycles. The van der Waals surface area contributed by atoms with Crippen LogP contribution < -0.4 is 14.4 Å². The summed E-state index contributed by atoms with van der Waals surface area (Å²) in [6, 6.07) is 9.85. The first-order valence-corrected chi connectivity index (χ1v) is 11.5. The number of amides is 1. The standard InChI is InChI=1S/C20H19ClNO6PS/c1-4-22(15-6-5-7-16(27-2)18(15)28-3)20(23)19(29(24,25)26)14-11-30-17-9-8-12(21)10-13(14)17/h4-11,19H,1H2,2-3H3,(H2,24,25,26). The molecule has 1 heterocycles. The number of carbonyl (C=O) groups excluding carboxylic acids is 1. The minimum absolute atomic E-state index is 0.199. The Hall–Kier alpha value is -2.35. The van der Waals surface area contributed by atoms with Gasteiger partial charge in [-0.05, 0) is 46.7 Å². The van der Waals surface area contributed by atoms with Crippen molar-refractivity contribution < 1.29 is 28.6 Å². The third-order valence-electron chi connectivity index (χ3n) is 4.49. The first kappa shape index (κ1) is 22.3. The van der Waals surface area contributed by atoms with Crippen LogP contribution in [-0.4, -0.2) is 29.9 Å². The lowest BCUT2D eigenvalue weighted by Gasteiger charge is -2.26. The maximum absolute atomic E-state index is 13.5. The molecule has 0 radical (unpaired) electrons. The highest BCUT2D eigenvalue weighted by atomic mass is 35.5. The van der Waals surface area contributed by atoms with E-state index in [-0.39, 0.29) is 17.0 Å². The zero-order chi connectivity index (χ0) is 22.1. The number of methoxy groups -OCH3 is 2. The molecule has 1 atom stereocenters. The number of para-hydroxylation sites is 1. The molecule has 0 aliphatic carbocycles. The van der Waals surface area contributed by atoms with Gasteiger partial charge < -0.3 is 19.3 Å². The molecule has 1 unspecified atom stereocenters. The maximum atomic E-state index is 13.5. The van der Waals surface area contributed by atoms with Crippen molar-refractivity contribution in [3.8, 4) is 11.5 Å². The van der Waals surface area contributed by atoms with Gasteiger partial charge in [-0.1, -0.05) is 24.2 Å². The van der Waals surface area contributed by atoms with Crippen molar-refractivity contribution in [2.24, 2.45) is 0 Å². The van der Waals surface area contributed by atoms with Gasteiger partial charge in [0.2, 0.25) is 0 Å².